The molecule has 0 spiro atoms. The summed E-state index contributed by atoms with van der Waals surface area (Å²) in [5.74, 6) is 0.0816. The number of hydrogen-bond acceptors (Lipinski definition) is 4. The van der Waals surface area contributed by atoms with E-state index in [2.05, 4.69) is 22.5 Å². The lowest BCUT2D eigenvalue weighted by Gasteiger charge is -2.26. The molecule has 0 bridgehead atoms. The third kappa shape index (κ3) is 3.05. The normalized spacial score (nSPS) is 21.2. The number of hydrogen-bond donors (Lipinski definition) is 2. The van der Waals surface area contributed by atoms with Gasteiger partial charge in [0.15, 0.2) is 0 Å². The number of anilines is 1. The number of nitrogens with zero attached hydrogens (tertiary/aromatic N) is 1. The van der Waals surface area contributed by atoms with Crippen LogP contribution in [0.15, 0.2) is 18.2 Å². The molecule has 1 unspecified atom stereocenters. The molecule has 114 valence electrons. The highest BCUT2D eigenvalue weighted by atomic mass is 35.5. The summed E-state index contributed by atoms with van der Waals surface area (Å²) in [5.41, 5.74) is 1.46. The molecule has 6 heteroatoms. The first-order valence-corrected chi connectivity index (χ1v) is 7.88. The van der Waals surface area contributed by atoms with Crippen LogP contribution in [0.2, 0.25) is 0 Å². The molecule has 2 aromatic rings. The van der Waals surface area contributed by atoms with Gasteiger partial charge in [0.2, 0.25) is 5.91 Å². The van der Waals surface area contributed by atoms with Gasteiger partial charge in [-0.25, -0.2) is 4.98 Å². The summed E-state index contributed by atoms with van der Waals surface area (Å²) in [6.45, 7) is 4.99. The number of halogens is 1. The van der Waals surface area contributed by atoms with Gasteiger partial charge in [-0.05, 0) is 50.9 Å². The number of rotatable bonds is 3. The lowest BCUT2D eigenvalue weighted by Crippen LogP contribution is -2.50. The zero-order chi connectivity index (χ0) is 14.2. The van der Waals surface area contributed by atoms with E-state index in [0.29, 0.717) is 0 Å². The Hall–Kier alpha value is -1.17. The standard InChI is InChI=1S/C15H19N3OS.ClH/c1-3-15(7-4-8-16-15)14(19)18-11-5-6-12-13(9-11)20-10(2)17-12;/h5-6,9,16H,3-4,7-8H2,1-2H3,(H,18,19);1H. The SMILES string of the molecule is CCC1(C(=O)Nc2ccc3nc(C)sc3c2)CCCN1.Cl. The van der Waals surface area contributed by atoms with Crippen LogP contribution >= 0.6 is 23.7 Å². The monoisotopic (exact) mass is 325 g/mol. The molecule has 1 fully saturated rings. The Bertz CT molecular complexity index is 649. The smallest absolute Gasteiger partial charge is 0.244 e. The minimum Gasteiger partial charge on any atom is -0.324 e. The number of carbonyl (C=O) groups excluding carboxylic acids is 1. The van der Waals surface area contributed by atoms with E-state index in [1.807, 2.05) is 25.1 Å². The number of fused-ring (bicyclic) bond motifs is 1. The molecule has 2 heterocycles. The maximum Gasteiger partial charge on any atom is 0.244 e. The predicted molar refractivity (Wildman–Crippen MR) is 90.5 cm³/mol. The molecule has 0 aliphatic carbocycles. The van der Waals surface area contributed by atoms with Gasteiger partial charge in [-0.1, -0.05) is 6.92 Å². The van der Waals surface area contributed by atoms with Crippen molar-refractivity contribution in [1.29, 1.82) is 0 Å². The first-order valence-electron chi connectivity index (χ1n) is 7.07. The lowest BCUT2D eigenvalue weighted by molar-refractivity contribution is -0.122. The van der Waals surface area contributed by atoms with Gasteiger partial charge in [0, 0.05) is 5.69 Å². The van der Waals surface area contributed by atoms with Crippen molar-refractivity contribution in [2.24, 2.45) is 0 Å². The van der Waals surface area contributed by atoms with Gasteiger partial charge in [-0.15, -0.1) is 23.7 Å². The quantitative estimate of drug-likeness (QED) is 0.908. The fourth-order valence-electron chi connectivity index (χ4n) is 2.83. The molecule has 4 nitrogen and oxygen atoms in total. The average molecular weight is 326 g/mol. The van der Waals surface area contributed by atoms with Crippen LogP contribution in [-0.2, 0) is 4.79 Å². The molecule has 0 saturated carbocycles. The van der Waals surface area contributed by atoms with E-state index in [4.69, 9.17) is 0 Å². The topological polar surface area (TPSA) is 54.0 Å². The summed E-state index contributed by atoms with van der Waals surface area (Å²) in [5, 5.41) is 7.46. The predicted octanol–water partition coefficient (Wildman–Crippen LogP) is 3.50. The zero-order valence-electron chi connectivity index (χ0n) is 12.2. The number of thiazole rings is 1. The Kier molecular flexibility index (Phi) is 4.86. The van der Waals surface area contributed by atoms with Crippen LogP contribution in [0.1, 0.15) is 31.2 Å². The maximum absolute atomic E-state index is 12.5. The van der Waals surface area contributed by atoms with E-state index in [1.54, 1.807) is 11.3 Å². The minimum absolute atomic E-state index is 0. The van der Waals surface area contributed by atoms with Crippen molar-refractivity contribution >= 4 is 45.6 Å². The van der Waals surface area contributed by atoms with Crippen molar-refractivity contribution < 1.29 is 4.79 Å². The highest BCUT2D eigenvalue weighted by Gasteiger charge is 2.39. The van der Waals surface area contributed by atoms with Crippen molar-refractivity contribution in [2.75, 3.05) is 11.9 Å². The van der Waals surface area contributed by atoms with Crippen molar-refractivity contribution in [3.8, 4) is 0 Å². The fourth-order valence-corrected chi connectivity index (χ4v) is 3.70. The summed E-state index contributed by atoms with van der Waals surface area (Å²) < 4.78 is 1.12. The van der Waals surface area contributed by atoms with E-state index in [1.165, 1.54) is 0 Å². The lowest BCUT2D eigenvalue weighted by atomic mass is 9.93. The van der Waals surface area contributed by atoms with E-state index < -0.39 is 5.54 Å². The maximum atomic E-state index is 12.5. The molecule has 1 aliphatic heterocycles. The van der Waals surface area contributed by atoms with Crippen molar-refractivity contribution in [3.63, 3.8) is 0 Å². The van der Waals surface area contributed by atoms with E-state index in [-0.39, 0.29) is 18.3 Å². The van der Waals surface area contributed by atoms with Crippen molar-refractivity contribution in [1.82, 2.24) is 10.3 Å². The van der Waals surface area contributed by atoms with Crippen molar-refractivity contribution in [2.45, 2.75) is 38.6 Å². The minimum atomic E-state index is -0.390. The Balaban J connectivity index is 0.00000161. The van der Waals surface area contributed by atoms with Crippen LogP contribution in [-0.4, -0.2) is 23.0 Å². The molecule has 2 N–H and O–H groups in total. The second-order valence-electron chi connectivity index (χ2n) is 5.34. The van der Waals surface area contributed by atoms with E-state index in [0.717, 1.165) is 46.7 Å². The van der Waals surface area contributed by atoms with Gasteiger partial charge in [0.1, 0.15) is 0 Å². The van der Waals surface area contributed by atoms with Gasteiger partial charge in [-0.2, -0.15) is 0 Å². The molecule has 3 rings (SSSR count). The Morgan fingerprint density at radius 2 is 2.33 bits per heavy atom. The summed E-state index contributed by atoms with van der Waals surface area (Å²) in [7, 11) is 0. The number of aryl methyl sites for hydroxylation is 1. The van der Waals surface area contributed by atoms with Gasteiger partial charge >= 0.3 is 0 Å². The van der Waals surface area contributed by atoms with Crippen LogP contribution in [0.25, 0.3) is 10.2 Å². The zero-order valence-corrected chi connectivity index (χ0v) is 13.9. The van der Waals surface area contributed by atoms with E-state index in [9.17, 15) is 4.79 Å². The van der Waals surface area contributed by atoms with Gasteiger partial charge in [-0.3, -0.25) is 4.79 Å². The Morgan fingerprint density at radius 1 is 1.52 bits per heavy atom. The fraction of sp³-hybridized carbons (Fsp3) is 0.467. The number of amides is 1. The third-order valence-corrected chi connectivity index (χ3v) is 4.97. The molecule has 1 aromatic heterocycles. The molecular formula is C15H20ClN3OS. The molecule has 1 saturated heterocycles. The molecule has 21 heavy (non-hydrogen) atoms. The van der Waals surface area contributed by atoms with Crippen LogP contribution in [0.3, 0.4) is 0 Å². The summed E-state index contributed by atoms with van der Waals surface area (Å²) in [4.78, 5) is 17.0. The molecule has 1 atom stereocenters. The number of carbonyl (C=O) groups is 1. The largest absolute Gasteiger partial charge is 0.324 e. The van der Waals surface area contributed by atoms with Gasteiger partial charge in [0.25, 0.3) is 0 Å². The number of nitrogens with one attached hydrogen (secondary N) is 2. The van der Waals surface area contributed by atoms with E-state index >= 15 is 0 Å². The molecule has 1 aromatic carbocycles. The highest BCUT2D eigenvalue weighted by Crippen LogP contribution is 2.27. The summed E-state index contributed by atoms with van der Waals surface area (Å²) in [6.07, 6.45) is 2.80. The third-order valence-electron chi connectivity index (χ3n) is 4.04. The van der Waals surface area contributed by atoms with Crippen LogP contribution in [0.4, 0.5) is 5.69 Å². The second-order valence-corrected chi connectivity index (χ2v) is 6.57. The van der Waals surface area contributed by atoms with Crippen LogP contribution in [0, 0.1) is 6.92 Å². The summed E-state index contributed by atoms with van der Waals surface area (Å²) in [6, 6.07) is 5.91. The molecular weight excluding hydrogens is 306 g/mol. The number of benzene rings is 1. The molecule has 1 amide bonds. The first-order chi connectivity index (χ1) is 9.63. The molecule has 0 radical (unpaired) electrons. The van der Waals surface area contributed by atoms with Crippen LogP contribution < -0.4 is 10.6 Å². The first kappa shape index (κ1) is 16.2. The Morgan fingerprint density at radius 3 is 3.00 bits per heavy atom. The van der Waals surface area contributed by atoms with Gasteiger partial charge in [0.05, 0.1) is 20.8 Å². The average Bonchev–Trinajstić information content (AvgIpc) is 3.04. The Labute approximate surface area is 134 Å². The second kappa shape index (κ2) is 6.30. The summed E-state index contributed by atoms with van der Waals surface area (Å²) >= 11 is 1.65. The highest BCUT2D eigenvalue weighted by molar-refractivity contribution is 7.18. The molecule has 1 aliphatic rings. The number of aromatic nitrogens is 1. The van der Waals surface area contributed by atoms with Crippen LogP contribution in [0.5, 0.6) is 0 Å². The van der Waals surface area contributed by atoms with Gasteiger partial charge < -0.3 is 10.6 Å². The van der Waals surface area contributed by atoms with Crippen molar-refractivity contribution in [3.05, 3.63) is 23.2 Å².